The second kappa shape index (κ2) is 6.18. The van der Waals surface area contributed by atoms with Gasteiger partial charge in [-0.25, -0.2) is 4.98 Å². The van der Waals surface area contributed by atoms with Crippen molar-refractivity contribution in [3.63, 3.8) is 0 Å². The number of carbonyl (C=O) groups excluding carboxylic acids is 1. The molecule has 6 nitrogen and oxygen atoms in total. The summed E-state index contributed by atoms with van der Waals surface area (Å²) in [5, 5.41) is 7.60. The lowest BCUT2D eigenvalue weighted by atomic mass is 10.1. The number of nitrogens with one attached hydrogen (secondary N) is 1. The first-order chi connectivity index (χ1) is 11.0. The highest BCUT2D eigenvalue weighted by atomic mass is 16.1. The molecule has 3 rings (SSSR count). The average molecular weight is 315 g/mol. The fourth-order valence-corrected chi connectivity index (χ4v) is 3.16. The van der Waals surface area contributed by atoms with E-state index in [2.05, 4.69) is 15.4 Å². The van der Waals surface area contributed by atoms with E-state index in [-0.39, 0.29) is 11.9 Å². The van der Waals surface area contributed by atoms with Crippen molar-refractivity contribution in [1.29, 1.82) is 0 Å². The predicted octanol–water partition coefficient (Wildman–Crippen LogP) is 1.97. The van der Waals surface area contributed by atoms with E-state index in [1.807, 2.05) is 43.4 Å². The van der Waals surface area contributed by atoms with Crippen molar-refractivity contribution in [2.24, 2.45) is 20.0 Å². The number of imidazole rings is 1. The Bertz CT molecular complexity index is 711. The number of aryl methyl sites for hydroxylation is 3. The molecule has 1 N–H and O–H groups in total. The van der Waals surface area contributed by atoms with Gasteiger partial charge in [0, 0.05) is 38.6 Å². The van der Waals surface area contributed by atoms with Crippen LogP contribution in [0.25, 0.3) is 0 Å². The number of nitrogens with zero attached hydrogens (tertiary/aromatic N) is 4. The van der Waals surface area contributed by atoms with Gasteiger partial charge in [0.1, 0.15) is 5.82 Å². The van der Waals surface area contributed by atoms with Crippen LogP contribution in [-0.4, -0.2) is 25.2 Å². The maximum atomic E-state index is 12.4. The Hall–Kier alpha value is -2.11. The molecule has 0 bridgehead atoms. The molecular weight excluding hydrogens is 290 g/mol. The number of hydrogen-bond donors (Lipinski definition) is 1. The van der Waals surface area contributed by atoms with Crippen LogP contribution in [0.3, 0.4) is 0 Å². The summed E-state index contributed by atoms with van der Waals surface area (Å²) in [6.45, 7) is 4.05. The van der Waals surface area contributed by atoms with Crippen LogP contribution < -0.4 is 5.32 Å². The smallest absolute Gasteiger partial charge is 0.220 e. The molecule has 23 heavy (non-hydrogen) atoms. The Kier molecular flexibility index (Phi) is 4.24. The summed E-state index contributed by atoms with van der Waals surface area (Å²) in [5.74, 6) is 1.57. The van der Waals surface area contributed by atoms with Crippen LogP contribution in [0.1, 0.15) is 48.1 Å². The van der Waals surface area contributed by atoms with Crippen LogP contribution in [0.15, 0.2) is 12.4 Å². The summed E-state index contributed by atoms with van der Waals surface area (Å²) in [6.07, 6.45) is 7.27. The SMILES string of the molecule is Cc1nn(C)c(C)c1CCC(=O)N[C@@H](c1nccn1C)C1CC1. The first kappa shape index (κ1) is 15.8. The summed E-state index contributed by atoms with van der Waals surface area (Å²) in [4.78, 5) is 16.8. The molecule has 0 radical (unpaired) electrons. The van der Waals surface area contributed by atoms with Crippen LogP contribution in [0, 0.1) is 19.8 Å². The first-order valence-electron chi connectivity index (χ1n) is 8.23. The number of aromatic nitrogens is 4. The van der Waals surface area contributed by atoms with Crippen molar-refractivity contribution in [2.45, 2.75) is 45.6 Å². The molecular formula is C17H25N5O. The highest BCUT2D eigenvalue weighted by molar-refractivity contribution is 5.76. The predicted molar refractivity (Wildman–Crippen MR) is 87.8 cm³/mol. The maximum Gasteiger partial charge on any atom is 0.220 e. The Morgan fingerprint density at radius 2 is 2.13 bits per heavy atom. The molecule has 1 saturated carbocycles. The molecule has 1 amide bonds. The topological polar surface area (TPSA) is 64.7 Å². The van der Waals surface area contributed by atoms with E-state index in [0.717, 1.165) is 23.6 Å². The van der Waals surface area contributed by atoms with E-state index < -0.39 is 0 Å². The lowest BCUT2D eigenvalue weighted by molar-refractivity contribution is -0.122. The molecule has 2 aromatic heterocycles. The van der Waals surface area contributed by atoms with Gasteiger partial charge in [0.25, 0.3) is 0 Å². The molecule has 6 heteroatoms. The summed E-state index contributed by atoms with van der Waals surface area (Å²) in [7, 11) is 3.92. The fraction of sp³-hybridized carbons (Fsp3) is 0.588. The first-order valence-corrected chi connectivity index (χ1v) is 8.23. The largest absolute Gasteiger partial charge is 0.346 e. The number of carbonyl (C=O) groups is 1. The zero-order valence-electron chi connectivity index (χ0n) is 14.3. The summed E-state index contributed by atoms with van der Waals surface area (Å²) in [5.41, 5.74) is 3.33. The average Bonchev–Trinajstić information content (AvgIpc) is 3.21. The van der Waals surface area contributed by atoms with Gasteiger partial charge in [-0.3, -0.25) is 9.48 Å². The third kappa shape index (κ3) is 3.30. The second-order valence-corrected chi connectivity index (χ2v) is 6.55. The van der Waals surface area contributed by atoms with Gasteiger partial charge in [0.15, 0.2) is 0 Å². The zero-order chi connectivity index (χ0) is 16.6. The minimum absolute atomic E-state index is 0.0404. The summed E-state index contributed by atoms with van der Waals surface area (Å²) >= 11 is 0. The molecule has 1 aliphatic rings. The normalized spacial score (nSPS) is 15.7. The van der Waals surface area contributed by atoms with Gasteiger partial charge in [0.05, 0.1) is 11.7 Å². The molecule has 0 unspecified atom stereocenters. The molecule has 1 atom stereocenters. The molecule has 0 spiro atoms. The molecule has 0 aromatic carbocycles. The standard InChI is InChI=1S/C17H25N5O/c1-11-14(12(2)22(4)20-11)7-8-15(23)19-16(13-5-6-13)17-18-9-10-21(17)3/h9-10,13,16H,5-8H2,1-4H3,(H,19,23)/t16-/m1/s1. The van der Waals surface area contributed by atoms with Crippen LogP contribution in [0.4, 0.5) is 0 Å². The van der Waals surface area contributed by atoms with Gasteiger partial charge in [-0.1, -0.05) is 0 Å². The third-order valence-electron chi connectivity index (χ3n) is 4.81. The Labute approximate surface area is 136 Å². The molecule has 0 saturated heterocycles. The van der Waals surface area contributed by atoms with E-state index in [9.17, 15) is 4.79 Å². The molecule has 2 aromatic rings. The van der Waals surface area contributed by atoms with Gasteiger partial charge in [-0.2, -0.15) is 5.10 Å². The number of rotatable bonds is 6. The monoisotopic (exact) mass is 315 g/mol. The Balaban J connectivity index is 1.63. The third-order valence-corrected chi connectivity index (χ3v) is 4.81. The van der Waals surface area contributed by atoms with Crippen molar-refractivity contribution >= 4 is 5.91 Å². The van der Waals surface area contributed by atoms with Gasteiger partial charge in [-0.15, -0.1) is 0 Å². The summed E-state index contributed by atoms with van der Waals surface area (Å²) < 4.78 is 3.88. The van der Waals surface area contributed by atoms with E-state index >= 15 is 0 Å². The van der Waals surface area contributed by atoms with E-state index in [1.165, 1.54) is 18.4 Å². The fourth-order valence-electron chi connectivity index (χ4n) is 3.16. The minimum Gasteiger partial charge on any atom is -0.346 e. The second-order valence-electron chi connectivity index (χ2n) is 6.55. The maximum absolute atomic E-state index is 12.4. The van der Waals surface area contributed by atoms with E-state index in [1.54, 1.807) is 6.20 Å². The quantitative estimate of drug-likeness (QED) is 0.886. The van der Waals surface area contributed by atoms with Crippen molar-refractivity contribution in [1.82, 2.24) is 24.6 Å². The van der Waals surface area contributed by atoms with Crippen molar-refractivity contribution in [3.8, 4) is 0 Å². The highest BCUT2D eigenvalue weighted by Gasteiger charge is 2.35. The molecule has 1 aliphatic carbocycles. The minimum atomic E-state index is 0.0404. The molecule has 2 heterocycles. The van der Waals surface area contributed by atoms with Crippen LogP contribution >= 0.6 is 0 Å². The highest BCUT2D eigenvalue weighted by Crippen LogP contribution is 2.40. The van der Waals surface area contributed by atoms with Crippen molar-refractivity contribution in [3.05, 3.63) is 35.2 Å². The van der Waals surface area contributed by atoms with Crippen molar-refractivity contribution < 1.29 is 4.79 Å². The number of hydrogen-bond acceptors (Lipinski definition) is 3. The van der Waals surface area contributed by atoms with E-state index in [0.29, 0.717) is 12.3 Å². The van der Waals surface area contributed by atoms with Crippen LogP contribution in [0.5, 0.6) is 0 Å². The van der Waals surface area contributed by atoms with E-state index in [4.69, 9.17) is 0 Å². The van der Waals surface area contributed by atoms with Gasteiger partial charge >= 0.3 is 0 Å². The van der Waals surface area contributed by atoms with Crippen LogP contribution in [0.2, 0.25) is 0 Å². The number of amides is 1. The van der Waals surface area contributed by atoms with Gasteiger partial charge in [0.2, 0.25) is 5.91 Å². The molecule has 0 aliphatic heterocycles. The summed E-state index contributed by atoms with van der Waals surface area (Å²) in [6, 6.07) is 0.0404. The lowest BCUT2D eigenvalue weighted by Crippen LogP contribution is -2.31. The zero-order valence-corrected chi connectivity index (χ0v) is 14.3. The van der Waals surface area contributed by atoms with Gasteiger partial charge < -0.3 is 9.88 Å². The van der Waals surface area contributed by atoms with Crippen LogP contribution in [-0.2, 0) is 25.3 Å². The Morgan fingerprint density at radius 1 is 1.39 bits per heavy atom. The lowest BCUT2D eigenvalue weighted by Gasteiger charge is -2.18. The molecule has 124 valence electrons. The van der Waals surface area contributed by atoms with Gasteiger partial charge in [-0.05, 0) is 44.6 Å². The Morgan fingerprint density at radius 3 is 2.65 bits per heavy atom. The van der Waals surface area contributed by atoms with Crippen molar-refractivity contribution in [2.75, 3.05) is 0 Å². The molecule has 1 fully saturated rings.